The number of hydrogen-bond acceptors (Lipinski definition) is 3. The molecule has 3 heteroatoms. The number of hydrogen-bond donors (Lipinski definition) is 0. The van der Waals surface area contributed by atoms with Crippen molar-refractivity contribution in [1.29, 1.82) is 0 Å². The Morgan fingerprint density at radius 1 is 0.857 bits per heavy atom. The minimum absolute atomic E-state index is 0.704. The fourth-order valence-corrected chi connectivity index (χ4v) is 4.00. The van der Waals surface area contributed by atoms with Gasteiger partial charge in [0.15, 0.2) is 0 Å². The number of piperidine rings is 1. The molecule has 2 aliphatic rings. The lowest BCUT2D eigenvalue weighted by atomic mass is 9.94. The van der Waals surface area contributed by atoms with Gasteiger partial charge in [0.05, 0.1) is 0 Å². The third-order valence-electron chi connectivity index (χ3n) is 5.71. The maximum absolute atomic E-state index is 2.80. The summed E-state index contributed by atoms with van der Waals surface area (Å²) in [5.41, 5.74) is 0. The smallest absolute Gasteiger partial charge is 0.0221 e. The topological polar surface area (TPSA) is 9.72 Å². The summed E-state index contributed by atoms with van der Waals surface area (Å²) in [4.78, 5) is 8.10. The number of likely N-dealkylation sites (tertiary alicyclic amines) is 1. The first-order chi connectivity index (χ1) is 10.0. The maximum atomic E-state index is 2.80. The van der Waals surface area contributed by atoms with Crippen LogP contribution in [0.25, 0.3) is 0 Å². The van der Waals surface area contributed by atoms with Crippen LogP contribution >= 0.6 is 0 Å². The summed E-state index contributed by atoms with van der Waals surface area (Å²) in [6.07, 6.45) is 4.10. The minimum atomic E-state index is 0.704. The molecule has 1 unspecified atom stereocenters. The van der Waals surface area contributed by atoms with Crippen LogP contribution < -0.4 is 0 Å². The van der Waals surface area contributed by atoms with E-state index < -0.39 is 0 Å². The molecule has 2 heterocycles. The molecule has 2 fully saturated rings. The minimum Gasteiger partial charge on any atom is -0.301 e. The third-order valence-corrected chi connectivity index (χ3v) is 5.71. The molecule has 0 radical (unpaired) electrons. The van der Waals surface area contributed by atoms with E-state index in [1.807, 2.05) is 0 Å². The summed E-state index contributed by atoms with van der Waals surface area (Å²) < 4.78 is 0. The molecule has 0 saturated carbocycles. The van der Waals surface area contributed by atoms with Crippen LogP contribution in [0.15, 0.2) is 0 Å². The monoisotopic (exact) mass is 295 g/mol. The molecule has 2 aliphatic heterocycles. The summed E-state index contributed by atoms with van der Waals surface area (Å²) in [5, 5.41) is 0. The Balaban J connectivity index is 1.80. The zero-order chi connectivity index (χ0) is 15.4. The summed E-state index contributed by atoms with van der Waals surface area (Å²) in [6.45, 7) is 19.5. The van der Waals surface area contributed by atoms with E-state index in [-0.39, 0.29) is 0 Å². The Bertz CT molecular complexity index is 295. The summed E-state index contributed by atoms with van der Waals surface area (Å²) in [7, 11) is 0. The number of rotatable bonds is 5. The molecule has 0 amide bonds. The average Bonchev–Trinajstić information content (AvgIpc) is 2.48. The highest BCUT2D eigenvalue weighted by Gasteiger charge is 2.30. The van der Waals surface area contributed by atoms with Crippen molar-refractivity contribution in [3.05, 3.63) is 0 Å². The van der Waals surface area contributed by atoms with Crippen LogP contribution in [0.5, 0.6) is 0 Å². The molecule has 0 aromatic carbocycles. The van der Waals surface area contributed by atoms with Crippen molar-refractivity contribution < 1.29 is 0 Å². The summed E-state index contributed by atoms with van der Waals surface area (Å²) >= 11 is 0. The van der Waals surface area contributed by atoms with E-state index in [4.69, 9.17) is 0 Å². The van der Waals surface area contributed by atoms with Crippen molar-refractivity contribution in [3.63, 3.8) is 0 Å². The van der Waals surface area contributed by atoms with Gasteiger partial charge in [-0.3, -0.25) is 9.80 Å². The zero-order valence-electron chi connectivity index (χ0n) is 15.0. The molecule has 3 nitrogen and oxygen atoms in total. The van der Waals surface area contributed by atoms with Crippen LogP contribution in [0.2, 0.25) is 0 Å². The summed E-state index contributed by atoms with van der Waals surface area (Å²) in [5.74, 6) is 0.930. The average molecular weight is 296 g/mol. The summed E-state index contributed by atoms with van der Waals surface area (Å²) in [6, 6.07) is 2.21. The van der Waals surface area contributed by atoms with Crippen molar-refractivity contribution >= 4 is 0 Å². The predicted octanol–water partition coefficient (Wildman–Crippen LogP) is 2.91. The molecule has 2 saturated heterocycles. The normalized spacial score (nSPS) is 27.9. The van der Waals surface area contributed by atoms with Crippen molar-refractivity contribution in [2.45, 2.75) is 72.0 Å². The lowest BCUT2D eigenvalue weighted by Gasteiger charge is -2.45. The predicted molar refractivity (Wildman–Crippen MR) is 91.8 cm³/mol. The molecule has 124 valence electrons. The molecule has 1 atom stereocenters. The van der Waals surface area contributed by atoms with Crippen LogP contribution in [0.3, 0.4) is 0 Å². The molecule has 0 aromatic heterocycles. The lowest BCUT2D eigenvalue weighted by Crippen LogP contribution is -2.56. The Morgan fingerprint density at radius 3 is 2.00 bits per heavy atom. The molecule has 2 rings (SSSR count). The maximum Gasteiger partial charge on any atom is 0.0221 e. The van der Waals surface area contributed by atoms with E-state index in [0.717, 1.165) is 18.0 Å². The molecule has 21 heavy (non-hydrogen) atoms. The molecule has 0 aliphatic carbocycles. The molecule has 0 spiro atoms. The Morgan fingerprint density at radius 2 is 1.48 bits per heavy atom. The van der Waals surface area contributed by atoms with Gasteiger partial charge in [0.2, 0.25) is 0 Å². The van der Waals surface area contributed by atoms with E-state index in [2.05, 4.69) is 49.3 Å². The first kappa shape index (κ1) is 17.2. The van der Waals surface area contributed by atoms with Gasteiger partial charge in [0.1, 0.15) is 0 Å². The third kappa shape index (κ3) is 4.67. The Kier molecular flexibility index (Phi) is 6.51. The van der Waals surface area contributed by atoms with Gasteiger partial charge in [-0.25, -0.2) is 0 Å². The largest absolute Gasteiger partial charge is 0.301 e. The van der Waals surface area contributed by atoms with Crippen molar-refractivity contribution in [3.8, 4) is 0 Å². The second-order valence-electron chi connectivity index (χ2n) is 7.72. The van der Waals surface area contributed by atoms with Gasteiger partial charge in [-0.05, 0) is 66.0 Å². The molecule has 0 bridgehead atoms. The number of piperazine rings is 1. The zero-order valence-corrected chi connectivity index (χ0v) is 15.0. The van der Waals surface area contributed by atoms with Crippen molar-refractivity contribution in [2.75, 3.05) is 39.3 Å². The fourth-order valence-electron chi connectivity index (χ4n) is 4.00. The molecule has 0 N–H and O–H groups in total. The number of nitrogens with zero attached hydrogens (tertiary/aromatic N) is 3. The van der Waals surface area contributed by atoms with E-state index >= 15 is 0 Å². The van der Waals surface area contributed by atoms with Gasteiger partial charge in [-0.15, -0.1) is 0 Å². The highest BCUT2D eigenvalue weighted by atomic mass is 15.3. The van der Waals surface area contributed by atoms with Gasteiger partial charge < -0.3 is 4.90 Å². The Hall–Kier alpha value is -0.120. The fraction of sp³-hybridized carbons (Fsp3) is 1.00. The first-order valence-electron chi connectivity index (χ1n) is 9.23. The quantitative estimate of drug-likeness (QED) is 0.772. The van der Waals surface area contributed by atoms with Crippen LogP contribution in [0.1, 0.15) is 53.9 Å². The van der Waals surface area contributed by atoms with Crippen LogP contribution in [0.4, 0.5) is 0 Å². The van der Waals surface area contributed by atoms with E-state index in [1.165, 1.54) is 58.5 Å². The second kappa shape index (κ2) is 7.94. The van der Waals surface area contributed by atoms with E-state index in [1.54, 1.807) is 0 Å². The first-order valence-corrected chi connectivity index (χ1v) is 9.23. The highest BCUT2D eigenvalue weighted by molar-refractivity contribution is 4.85. The highest BCUT2D eigenvalue weighted by Crippen LogP contribution is 2.23. The molecule has 0 aromatic rings. The van der Waals surface area contributed by atoms with Gasteiger partial charge in [0.25, 0.3) is 0 Å². The standard InChI is InChI=1S/C18H37N3/c1-6-18-14-20(16(4)5)11-12-21(18)13-17-7-9-19(10-8-17)15(2)3/h15-18H,6-14H2,1-5H3. The Labute approximate surface area is 132 Å². The van der Waals surface area contributed by atoms with E-state index in [9.17, 15) is 0 Å². The lowest BCUT2D eigenvalue weighted by molar-refractivity contribution is 0.0325. The van der Waals surface area contributed by atoms with Gasteiger partial charge >= 0.3 is 0 Å². The van der Waals surface area contributed by atoms with Crippen LogP contribution in [-0.4, -0.2) is 72.1 Å². The van der Waals surface area contributed by atoms with Gasteiger partial charge in [-0.2, -0.15) is 0 Å². The van der Waals surface area contributed by atoms with Crippen molar-refractivity contribution in [2.24, 2.45) is 5.92 Å². The molecular weight excluding hydrogens is 258 g/mol. The van der Waals surface area contributed by atoms with Gasteiger partial charge in [-0.1, -0.05) is 6.92 Å². The van der Waals surface area contributed by atoms with E-state index in [0.29, 0.717) is 6.04 Å². The SMILES string of the molecule is CCC1CN(C(C)C)CCN1CC1CCN(C(C)C)CC1. The van der Waals surface area contributed by atoms with Crippen LogP contribution in [-0.2, 0) is 0 Å². The van der Waals surface area contributed by atoms with Crippen LogP contribution in [0, 0.1) is 5.92 Å². The van der Waals surface area contributed by atoms with Crippen molar-refractivity contribution in [1.82, 2.24) is 14.7 Å². The van der Waals surface area contributed by atoms with Gasteiger partial charge in [0, 0.05) is 44.3 Å². The molecular formula is C18H37N3. The second-order valence-corrected chi connectivity index (χ2v) is 7.72.